The molecular weight excluding hydrogens is 318 g/mol. The molecule has 3 rings (SSSR count). The van der Waals surface area contributed by atoms with Gasteiger partial charge in [-0.2, -0.15) is 0 Å². The van der Waals surface area contributed by atoms with E-state index in [4.69, 9.17) is 4.74 Å². The molecule has 25 heavy (non-hydrogen) atoms. The number of pyridine rings is 1. The average molecular weight is 335 g/mol. The topological polar surface area (TPSA) is 89.0 Å². The van der Waals surface area contributed by atoms with Gasteiger partial charge in [0.25, 0.3) is 0 Å². The van der Waals surface area contributed by atoms with Crippen LogP contribution in [-0.2, 0) is 0 Å². The summed E-state index contributed by atoms with van der Waals surface area (Å²) in [6, 6.07) is 8.60. The second-order valence-electron chi connectivity index (χ2n) is 5.41. The summed E-state index contributed by atoms with van der Waals surface area (Å²) in [6.07, 6.45) is 6.36. The van der Waals surface area contributed by atoms with Crippen LogP contribution in [0.25, 0.3) is 0 Å². The number of aryl methyl sites for hydroxylation is 2. The van der Waals surface area contributed by atoms with Crippen molar-refractivity contribution in [3.05, 3.63) is 66.4 Å². The van der Waals surface area contributed by atoms with Crippen LogP contribution in [0, 0.1) is 13.8 Å². The predicted octanol–water partition coefficient (Wildman–Crippen LogP) is 3.92. The zero-order valence-electron chi connectivity index (χ0n) is 13.9. The third-order valence-corrected chi connectivity index (χ3v) is 3.28. The van der Waals surface area contributed by atoms with Gasteiger partial charge in [-0.3, -0.25) is 15.3 Å². The summed E-state index contributed by atoms with van der Waals surface area (Å²) < 4.78 is 5.82. The Hall–Kier alpha value is -3.48. The molecule has 0 aliphatic heterocycles. The van der Waals surface area contributed by atoms with Gasteiger partial charge in [0.2, 0.25) is 0 Å². The van der Waals surface area contributed by atoms with E-state index < -0.39 is 6.03 Å². The quantitative estimate of drug-likeness (QED) is 0.754. The van der Waals surface area contributed by atoms with Crippen molar-refractivity contribution in [2.45, 2.75) is 13.8 Å². The zero-order valence-corrected chi connectivity index (χ0v) is 13.9. The van der Waals surface area contributed by atoms with Gasteiger partial charge in [-0.25, -0.2) is 9.78 Å². The second kappa shape index (κ2) is 7.39. The molecule has 7 nitrogen and oxygen atoms in total. The maximum atomic E-state index is 12.2. The first kappa shape index (κ1) is 16.4. The van der Waals surface area contributed by atoms with Gasteiger partial charge in [0.15, 0.2) is 11.6 Å². The lowest BCUT2D eigenvalue weighted by Crippen LogP contribution is -2.20. The number of urea groups is 1. The predicted molar refractivity (Wildman–Crippen MR) is 94.9 cm³/mol. The number of aromatic nitrogens is 3. The van der Waals surface area contributed by atoms with Crippen LogP contribution in [0.15, 0.2) is 55.1 Å². The van der Waals surface area contributed by atoms with Gasteiger partial charge >= 0.3 is 6.03 Å². The molecular formula is C18H17N5O2. The Morgan fingerprint density at radius 1 is 1.00 bits per heavy atom. The number of benzene rings is 1. The van der Waals surface area contributed by atoms with Crippen LogP contribution in [0.4, 0.5) is 16.3 Å². The fourth-order valence-corrected chi connectivity index (χ4v) is 2.09. The van der Waals surface area contributed by atoms with E-state index in [9.17, 15) is 4.79 Å². The first-order chi connectivity index (χ1) is 12.1. The number of amides is 2. The molecule has 0 fully saturated rings. The summed E-state index contributed by atoms with van der Waals surface area (Å²) in [4.78, 5) is 24.4. The molecule has 126 valence electrons. The molecule has 0 radical (unpaired) electrons. The molecule has 1 aromatic carbocycles. The maximum absolute atomic E-state index is 12.2. The Morgan fingerprint density at radius 2 is 1.80 bits per heavy atom. The van der Waals surface area contributed by atoms with E-state index in [-0.39, 0.29) is 0 Å². The van der Waals surface area contributed by atoms with Gasteiger partial charge in [-0.05, 0) is 43.7 Å². The minimum absolute atomic E-state index is 0.368. The van der Waals surface area contributed by atoms with Gasteiger partial charge in [-0.15, -0.1) is 0 Å². The fourth-order valence-electron chi connectivity index (χ4n) is 2.09. The standard InChI is InChI=1S/C18H17N5O2/c1-12-3-4-16(25-14-5-7-19-8-6-14)15(9-12)22-18(24)23-17-11-20-13(2)10-21-17/h3-11H,1-2H3,(H2,21,22,23,24). The van der Waals surface area contributed by atoms with E-state index in [1.165, 1.54) is 6.20 Å². The highest BCUT2D eigenvalue weighted by atomic mass is 16.5. The van der Waals surface area contributed by atoms with Crippen LogP contribution in [-0.4, -0.2) is 21.0 Å². The number of hydrogen-bond donors (Lipinski definition) is 2. The normalized spacial score (nSPS) is 10.2. The second-order valence-corrected chi connectivity index (χ2v) is 5.41. The lowest BCUT2D eigenvalue weighted by molar-refractivity contribution is 0.262. The number of rotatable bonds is 4. The molecule has 0 saturated carbocycles. The Bertz CT molecular complexity index is 866. The summed E-state index contributed by atoms with van der Waals surface area (Å²) in [7, 11) is 0. The van der Waals surface area contributed by atoms with E-state index >= 15 is 0 Å². The smallest absolute Gasteiger partial charge is 0.325 e. The van der Waals surface area contributed by atoms with Gasteiger partial charge in [0, 0.05) is 12.4 Å². The van der Waals surface area contributed by atoms with Crippen molar-refractivity contribution in [3.8, 4) is 11.5 Å². The fraction of sp³-hybridized carbons (Fsp3) is 0.111. The lowest BCUT2D eigenvalue weighted by Gasteiger charge is -2.13. The molecule has 3 aromatic rings. The van der Waals surface area contributed by atoms with Crippen molar-refractivity contribution >= 4 is 17.5 Å². The molecule has 2 heterocycles. The first-order valence-corrected chi connectivity index (χ1v) is 7.65. The number of nitrogens with one attached hydrogen (secondary N) is 2. The third-order valence-electron chi connectivity index (χ3n) is 3.28. The molecule has 0 unspecified atom stereocenters. The van der Waals surface area contributed by atoms with Gasteiger partial charge in [0.05, 0.1) is 23.8 Å². The van der Waals surface area contributed by atoms with E-state index in [0.29, 0.717) is 23.0 Å². The van der Waals surface area contributed by atoms with Crippen LogP contribution in [0.5, 0.6) is 11.5 Å². The van der Waals surface area contributed by atoms with Crippen molar-refractivity contribution < 1.29 is 9.53 Å². The van der Waals surface area contributed by atoms with E-state index in [1.807, 2.05) is 26.0 Å². The van der Waals surface area contributed by atoms with Crippen LogP contribution in [0.1, 0.15) is 11.3 Å². The molecule has 7 heteroatoms. The molecule has 0 aliphatic carbocycles. The number of carbonyl (C=O) groups is 1. The monoisotopic (exact) mass is 335 g/mol. The van der Waals surface area contributed by atoms with Crippen LogP contribution < -0.4 is 15.4 Å². The highest BCUT2D eigenvalue weighted by molar-refractivity contribution is 6.00. The molecule has 0 aliphatic rings. The zero-order chi connectivity index (χ0) is 17.6. The Kier molecular flexibility index (Phi) is 4.84. The average Bonchev–Trinajstić information content (AvgIpc) is 2.60. The lowest BCUT2D eigenvalue weighted by atomic mass is 10.2. The number of ether oxygens (including phenoxy) is 1. The molecule has 0 atom stereocenters. The van der Waals surface area contributed by atoms with Crippen molar-refractivity contribution in [3.63, 3.8) is 0 Å². The molecule has 2 aromatic heterocycles. The number of nitrogens with zero attached hydrogens (tertiary/aromatic N) is 3. The minimum Gasteiger partial charge on any atom is -0.455 e. The van der Waals surface area contributed by atoms with Crippen molar-refractivity contribution in [2.75, 3.05) is 10.6 Å². The number of carbonyl (C=O) groups excluding carboxylic acids is 1. The SMILES string of the molecule is Cc1ccc(Oc2ccncc2)c(NC(=O)Nc2cnc(C)cn2)c1. The van der Waals surface area contributed by atoms with Gasteiger partial charge in [-0.1, -0.05) is 6.07 Å². The van der Waals surface area contributed by atoms with Crippen LogP contribution >= 0.6 is 0 Å². The van der Waals surface area contributed by atoms with Gasteiger partial charge in [0.1, 0.15) is 5.75 Å². The molecule has 0 bridgehead atoms. The molecule has 2 amide bonds. The van der Waals surface area contributed by atoms with Crippen LogP contribution in [0.2, 0.25) is 0 Å². The largest absolute Gasteiger partial charge is 0.455 e. The summed E-state index contributed by atoms with van der Waals surface area (Å²) in [5.41, 5.74) is 2.32. The summed E-state index contributed by atoms with van der Waals surface area (Å²) in [5, 5.41) is 5.42. The number of hydrogen-bond acceptors (Lipinski definition) is 5. The first-order valence-electron chi connectivity index (χ1n) is 7.65. The van der Waals surface area contributed by atoms with E-state index in [2.05, 4.69) is 25.6 Å². The Balaban J connectivity index is 1.75. The van der Waals surface area contributed by atoms with Crippen molar-refractivity contribution in [1.29, 1.82) is 0 Å². The van der Waals surface area contributed by atoms with Crippen molar-refractivity contribution in [1.82, 2.24) is 15.0 Å². The van der Waals surface area contributed by atoms with Crippen molar-refractivity contribution in [2.24, 2.45) is 0 Å². The summed E-state index contributed by atoms with van der Waals surface area (Å²) in [5.74, 6) is 1.53. The van der Waals surface area contributed by atoms with E-state index in [0.717, 1.165) is 11.3 Å². The summed E-state index contributed by atoms with van der Waals surface area (Å²) in [6.45, 7) is 3.76. The molecule has 2 N–H and O–H groups in total. The Labute approximate surface area is 145 Å². The van der Waals surface area contributed by atoms with Gasteiger partial charge < -0.3 is 10.1 Å². The molecule has 0 spiro atoms. The summed E-state index contributed by atoms with van der Waals surface area (Å²) >= 11 is 0. The van der Waals surface area contributed by atoms with Crippen LogP contribution in [0.3, 0.4) is 0 Å². The maximum Gasteiger partial charge on any atom is 0.325 e. The highest BCUT2D eigenvalue weighted by Crippen LogP contribution is 2.30. The molecule has 0 saturated heterocycles. The third kappa shape index (κ3) is 4.51. The Morgan fingerprint density at radius 3 is 2.52 bits per heavy atom. The van der Waals surface area contributed by atoms with E-state index in [1.54, 1.807) is 36.8 Å². The highest BCUT2D eigenvalue weighted by Gasteiger charge is 2.10. The number of anilines is 2. The minimum atomic E-state index is -0.427.